The summed E-state index contributed by atoms with van der Waals surface area (Å²) < 4.78 is 10.3. The first kappa shape index (κ1) is 19.3. The third-order valence-electron chi connectivity index (χ3n) is 4.61. The van der Waals surface area contributed by atoms with Gasteiger partial charge in [0.15, 0.2) is 11.6 Å². The molecule has 3 rings (SSSR count). The smallest absolute Gasteiger partial charge is 0.306 e. The summed E-state index contributed by atoms with van der Waals surface area (Å²) in [4.78, 5) is 38.8. The molecule has 28 heavy (non-hydrogen) atoms. The molecule has 1 unspecified atom stereocenters. The molecule has 0 saturated carbocycles. The van der Waals surface area contributed by atoms with Gasteiger partial charge in [-0.1, -0.05) is 60.7 Å². The molecule has 5 heteroatoms. The zero-order valence-corrected chi connectivity index (χ0v) is 15.4. The van der Waals surface area contributed by atoms with Gasteiger partial charge in [-0.25, -0.2) is 0 Å². The number of ketones is 2. The molecule has 2 aromatic carbocycles. The minimum atomic E-state index is -1.12. The fourth-order valence-corrected chi connectivity index (χ4v) is 3.20. The monoisotopic (exact) mass is 376 g/mol. The molecule has 0 aliphatic rings. The van der Waals surface area contributed by atoms with Crippen molar-refractivity contribution >= 4 is 17.5 Å². The fourth-order valence-electron chi connectivity index (χ4n) is 3.20. The van der Waals surface area contributed by atoms with Gasteiger partial charge in [-0.05, 0) is 12.1 Å². The molecule has 1 atom stereocenters. The fraction of sp³-hybridized carbons (Fsp3) is 0.174. The molecule has 0 radical (unpaired) electrons. The van der Waals surface area contributed by atoms with Crippen molar-refractivity contribution in [2.45, 2.75) is 12.3 Å². The maximum atomic E-state index is 13.4. The summed E-state index contributed by atoms with van der Waals surface area (Å²) >= 11 is 0. The van der Waals surface area contributed by atoms with Gasteiger partial charge in [0.25, 0.3) is 0 Å². The van der Waals surface area contributed by atoms with Gasteiger partial charge >= 0.3 is 5.97 Å². The molecular weight excluding hydrogens is 356 g/mol. The summed E-state index contributed by atoms with van der Waals surface area (Å²) in [5, 5.41) is 0. The van der Waals surface area contributed by atoms with Gasteiger partial charge in [-0.3, -0.25) is 14.4 Å². The quantitative estimate of drug-likeness (QED) is 0.333. The molecule has 0 N–H and O–H groups in total. The number of carbonyl (C=O) groups is 3. The van der Waals surface area contributed by atoms with Crippen LogP contribution in [-0.2, 0) is 9.53 Å². The second-order valence-corrected chi connectivity index (χ2v) is 6.34. The van der Waals surface area contributed by atoms with Crippen LogP contribution in [0, 0.1) is 5.92 Å². The van der Waals surface area contributed by atoms with Gasteiger partial charge in [-0.15, -0.1) is 0 Å². The average Bonchev–Trinajstić information content (AvgIpc) is 3.28. The van der Waals surface area contributed by atoms with Crippen molar-refractivity contribution in [3.05, 3.63) is 95.9 Å². The highest BCUT2D eigenvalue weighted by molar-refractivity contribution is 6.16. The number of methoxy groups -OCH3 is 1. The maximum absolute atomic E-state index is 13.4. The zero-order chi connectivity index (χ0) is 19.9. The van der Waals surface area contributed by atoms with Crippen molar-refractivity contribution in [3.8, 4) is 0 Å². The van der Waals surface area contributed by atoms with E-state index in [1.165, 1.54) is 13.4 Å². The van der Waals surface area contributed by atoms with Crippen LogP contribution >= 0.6 is 0 Å². The standard InChI is InChI=1S/C23H20O5/c1-27-20(24)15-18(19-13-8-14-28-19)21(22(25)16-9-4-2-5-10-16)23(26)17-11-6-3-7-12-17/h2-14,18,21H,15H2,1H3. The van der Waals surface area contributed by atoms with Crippen molar-refractivity contribution < 1.29 is 23.5 Å². The van der Waals surface area contributed by atoms with E-state index in [0.29, 0.717) is 16.9 Å². The number of furan rings is 1. The van der Waals surface area contributed by atoms with Crippen molar-refractivity contribution in [1.29, 1.82) is 0 Å². The molecule has 1 aromatic heterocycles. The maximum Gasteiger partial charge on any atom is 0.306 e. The largest absolute Gasteiger partial charge is 0.469 e. The second kappa shape index (κ2) is 8.95. The van der Waals surface area contributed by atoms with Crippen LogP contribution in [0.2, 0.25) is 0 Å². The Hall–Kier alpha value is -3.47. The van der Waals surface area contributed by atoms with Gasteiger partial charge in [0.05, 0.1) is 25.7 Å². The SMILES string of the molecule is COC(=O)CC(c1ccco1)C(C(=O)c1ccccc1)C(=O)c1ccccc1. The number of ether oxygens (including phenoxy) is 1. The van der Waals surface area contributed by atoms with E-state index in [1.54, 1.807) is 72.8 Å². The molecule has 0 aliphatic heterocycles. The van der Waals surface area contributed by atoms with Gasteiger partial charge in [0.1, 0.15) is 5.76 Å². The molecule has 0 saturated heterocycles. The first-order chi connectivity index (χ1) is 13.6. The lowest BCUT2D eigenvalue weighted by Gasteiger charge is -2.23. The van der Waals surface area contributed by atoms with E-state index in [2.05, 4.69) is 0 Å². The Bertz CT molecular complexity index is 878. The molecule has 0 bridgehead atoms. The van der Waals surface area contributed by atoms with Gasteiger partial charge in [0, 0.05) is 17.0 Å². The predicted octanol–water partition coefficient (Wildman–Crippen LogP) is 4.31. The summed E-state index contributed by atoms with van der Waals surface area (Å²) in [5.41, 5.74) is 0.802. The topological polar surface area (TPSA) is 73.6 Å². The van der Waals surface area contributed by atoms with Crippen molar-refractivity contribution in [2.75, 3.05) is 7.11 Å². The number of esters is 1. The molecule has 142 valence electrons. The molecule has 0 fully saturated rings. The molecule has 5 nitrogen and oxygen atoms in total. The summed E-state index contributed by atoms with van der Waals surface area (Å²) in [7, 11) is 1.27. The average molecular weight is 376 g/mol. The van der Waals surface area contributed by atoms with Crippen LogP contribution in [-0.4, -0.2) is 24.6 Å². The van der Waals surface area contributed by atoms with Crippen LogP contribution < -0.4 is 0 Å². The van der Waals surface area contributed by atoms with Crippen LogP contribution in [0.1, 0.15) is 38.8 Å². The van der Waals surface area contributed by atoms with E-state index in [9.17, 15) is 14.4 Å². The minimum Gasteiger partial charge on any atom is -0.469 e. The van der Waals surface area contributed by atoms with E-state index >= 15 is 0 Å². The molecule has 0 aliphatic carbocycles. The first-order valence-corrected chi connectivity index (χ1v) is 8.90. The highest BCUT2D eigenvalue weighted by Crippen LogP contribution is 2.34. The number of rotatable bonds is 8. The Balaban J connectivity index is 2.08. The Morgan fingerprint density at radius 3 is 1.79 bits per heavy atom. The number of Topliss-reactive ketones (excluding diaryl/α,β-unsaturated/α-hetero) is 2. The Morgan fingerprint density at radius 2 is 1.36 bits per heavy atom. The normalized spacial score (nSPS) is 11.8. The molecule has 1 heterocycles. The summed E-state index contributed by atoms with van der Waals surface area (Å²) in [5.74, 6) is -2.74. The van der Waals surface area contributed by atoms with E-state index in [1.807, 2.05) is 0 Å². The number of benzene rings is 2. The predicted molar refractivity (Wildman–Crippen MR) is 103 cm³/mol. The third-order valence-corrected chi connectivity index (χ3v) is 4.61. The molecule has 0 amide bonds. The Kier molecular flexibility index (Phi) is 6.17. The third kappa shape index (κ3) is 4.26. The van der Waals surface area contributed by atoms with Crippen molar-refractivity contribution in [2.24, 2.45) is 5.92 Å². The highest BCUT2D eigenvalue weighted by Gasteiger charge is 2.39. The summed E-state index contributed by atoms with van der Waals surface area (Å²) in [6.07, 6.45) is 1.31. The van der Waals surface area contributed by atoms with Crippen LogP contribution in [0.4, 0.5) is 0 Å². The molecule has 3 aromatic rings. The Morgan fingerprint density at radius 1 is 0.821 bits per heavy atom. The molecule has 0 spiro atoms. The second-order valence-electron chi connectivity index (χ2n) is 6.34. The van der Waals surface area contributed by atoms with Crippen LogP contribution in [0.25, 0.3) is 0 Å². The minimum absolute atomic E-state index is 0.147. The van der Waals surface area contributed by atoms with E-state index in [0.717, 1.165) is 0 Å². The van der Waals surface area contributed by atoms with Crippen molar-refractivity contribution in [1.82, 2.24) is 0 Å². The van der Waals surface area contributed by atoms with Crippen LogP contribution in [0.5, 0.6) is 0 Å². The number of hydrogen-bond donors (Lipinski definition) is 0. The number of hydrogen-bond acceptors (Lipinski definition) is 5. The lowest BCUT2D eigenvalue weighted by atomic mass is 9.77. The number of carbonyl (C=O) groups excluding carboxylic acids is 3. The summed E-state index contributed by atoms with van der Waals surface area (Å²) in [6, 6.07) is 20.5. The zero-order valence-electron chi connectivity index (χ0n) is 15.4. The lowest BCUT2D eigenvalue weighted by molar-refractivity contribution is -0.141. The van der Waals surface area contributed by atoms with E-state index in [-0.39, 0.29) is 18.0 Å². The van der Waals surface area contributed by atoms with Gasteiger partial charge in [0.2, 0.25) is 0 Å². The van der Waals surface area contributed by atoms with Crippen molar-refractivity contribution in [3.63, 3.8) is 0 Å². The van der Waals surface area contributed by atoms with Gasteiger partial charge in [-0.2, -0.15) is 0 Å². The van der Waals surface area contributed by atoms with E-state index < -0.39 is 17.8 Å². The molecular formula is C23H20O5. The van der Waals surface area contributed by atoms with Crippen LogP contribution in [0.15, 0.2) is 83.5 Å². The summed E-state index contributed by atoms with van der Waals surface area (Å²) in [6.45, 7) is 0. The highest BCUT2D eigenvalue weighted by atomic mass is 16.5. The Labute approximate surface area is 162 Å². The first-order valence-electron chi connectivity index (χ1n) is 8.90. The van der Waals surface area contributed by atoms with Crippen LogP contribution in [0.3, 0.4) is 0 Å². The van der Waals surface area contributed by atoms with Gasteiger partial charge < -0.3 is 9.15 Å². The lowest BCUT2D eigenvalue weighted by Crippen LogP contribution is -2.32. The van der Waals surface area contributed by atoms with E-state index in [4.69, 9.17) is 9.15 Å².